The van der Waals surface area contributed by atoms with Gasteiger partial charge in [0.1, 0.15) is 17.2 Å². The minimum Gasteiger partial charge on any atom is -0.497 e. The molecule has 180 valence electrons. The summed E-state index contributed by atoms with van der Waals surface area (Å²) in [7, 11) is 1.60. The van der Waals surface area contributed by atoms with E-state index in [-0.39, 0.29) is 11.8 Å². The number of hydrogen-bond acceptors (Lipinski definition) is 5. The Morgan fingerprint density at radius 1 is 0.861 bits per heavy atom. The summed E-state index contributed by atoms with van der Waals surface area (Å²) in [5.74, 6) is -0.0604. The average molecular weight is 480 g/mol. The highest BCUT2D eigenvalue weighted by Gasteiger charge is 2.40. The number of nitrogens with zero attached hydrogens (tertiary/aromatic N) is 3. The SMILES string of the molecule is COc1ccc(C2C(C(=O)Nc3ccccc3)C(C)=Nc3c(C(=O)Nc4ccccc4)cnn32)cc1. The molecule has 5 rings (SSSR count). The predicted octanol–water partition coefficient (Wildman–Crippen LogP) is 5.09. The Bertz CT molecular complexity index is 1410. The fraction of sp³-hybridized carbons (Fsp3) is 0.143. The zero-order valence-corrected chi connectivity index (χ0v) is 19.9. The van der Waals surface area contributed by atoms with Crippen molar-refractivity contribution < 1.29 is 14.3 Å². The van der Waals surface area contributed by atoms with Gasteiger partial charge in [-0.25, -0.2) is 9.67 Å². The number of hydrogen-bond donors (Lipinski definition) is 2. The van der Waals surface area contributed by atoms with E-state index in [4.69, 9.17) is 9.73 Å². The fourth-order valence-corrected chi connectivity index (χ4v) is 4.37. The van der Waals surface area contributed by atoms with Gasteiger partial charge in [0.2, 0.25) is 5.91 Å². The molecule has 2 heterocycles. The Kier molecular flexibility index (Phi) is 6.32. The zero-order valence-electron chi connectivity index (χ0n) is 19.9. The molecule has 0 bridgehead atoms. The van der Waals surface area contributed by atoms with Crippen LogP contribution < -0.4 is 15.4 Å². The molecule has 0 aliphatic carbocycles. The molecule has 1 aromatic heterocycles. The highest BCUT2D eigenvalue weighted by atomic mass is 16.5. The molecule has 4 aromatic rings. The average Bonchev–Trinajstić information content (AvgIpc) is 3.32. The van der Waals surface area contributed by atoms with Gasteiger partial charge >= 0.3 is 0 Å². The summed E-state index contributed by atoms with van der Waals surface area (Å²) in [6.07, 6.45) is 1.50. The van der Waals surface area contributed by atoms with Gasteiger partial charge in [0.15, 0.2) is 5.82 Å². The van der Waals surface area contributed by atoms with E-state index in [2.05, 4.69) is 15.7 Å². The summed E-state index contributed by atoms with van der Waals surface area (Å²) < 4.78 is 6.97. The van der Waals surface area contributed by atoms with E-state index >= 15 is 0 Å². The molecule has 2 N–H and O–H groups in total. The molecule has 1 aliphatic heterocycles. The lowest BCUT2D eigenvalue weighted by Gasteiger charge is -2.31. The Morgan fingerprint density at radius 3 is 2.08 bits per heavy atom. The monoisotopic (exact) mass is 479 g/mol. The summed E-state index contributed by atoms with van der Waals surface area (Å²) in [4.78, 5) is 31.3. The van der Waals surface area contributed by atoms with Gasteiger partial charge in [0, 0.05) is 17.1 Å². The number of para-hydroxylation sites is 2. The van der Waals surface area contributed by atoms with E-state index in [1.807, 2.05) is 84.9 Å². The van der Waals surface area contributed by atoms with Crippen molar-refractivity contribution in [1.29, 1.82) is 0 Å². The minimum absolute atomic E-state index is 0.209. The van der Waals surface area contributed by atoms with Crippen LogP contribution in [0.5, 0.6) is 5.75 Å². The zero-order chi connectivity index (χ0) is 25.1. The number of rotatable bonds is 6. The van der Waals surface area contributed by atoms with E-state index in [0.29, 0.717) is 34.2 Å². The van der Waals surface area contributed by atoms with Crippen LogP contribution in [0, 0.1) is 5.92 Å². The Morgan fingerprint density at radius 2 is 1.47 bits per heavy atom. The van der Waals surface area contributed by atoms with Crippen LogP contribution in [-0.2, 0) is 4.79 Å². The van der Waals surface area contributed by atoms with Gasteiger partial charge in [-0.1, -0.05) is 48.5 Å². The predicted molar refractivity (Wildman–Crippen MR) is 139 cm³/mol. The lowest BCUT2D eigenvalue weighted by molar-refractivity contribution is -0.118. The Labute approximate surface area is 208 Å². The molecule has 8 heteroatoms. The molecule has 0 fully saturated rings. The number of ether oxygens (including phenoxy) is 1. The van der Waals surface area contributed by atoms with Crippen molar-refractivity contribution in [3.05, 3.63) is 102 Å². The minimum atomic E-state index is -0.643. The molecule has 8 nitrogen and oxygen atoms in total. The number of fused-ring (bicyclic) bond motifs is 1. The third-order valence-corrected chi connectivity index (χ3v) is 6.14. The van der Waals surface area contributed by atoms with Crippen molar-refractivity contribution in [3.63, 3.8) is 0 Å². The van der Waals surface area contributed by atoms with E-state index < -0.39 is 12.0 Å². The summed E-state index contributed by atoms with van der Waals surface area (Å²) in [6.45, 7) is 1.81. The number of aromatic nitrogens is 2. The molecule has 0 saturated carbocycles. The van der Waals surface area contributed by atoms with Gasteiger partial charge in [-0.2, -0.15) is 5.10 Å². The number of aliphatic imine (C=N–C) groups is 1. The molecule has 36 heavy (non-hydrogen) atoms. The highest BCUT2D eigenvalue weighted by molar-refractivity contribution is 6.12. The Hall–Kier alpha value is -4.72. The van der Waals surface area contributed by atoms with Crippen molar-refractivity contribution in [3.8, 4) is 5.75 Å². The van der Waals surface area contributed by atoms with Crippen LogP contribution in [0.15, 0.2) is 96.1 Å². The van der Waals surface area contributed by atoms with Gasteiger partial charge in [-0.05, 0) is 48.9 Å². The molecule has 0 saturated heterocycles. The van der Waals surface area contributed by atoms with E-state index in [1.165, 1.54) is 6.20 Å². The number of amides is 2. The number of carbonyl (C=O) groups is 2. The van der Waals surface area contributed by atoms with Crippen LogP contribution >= 0.6 is 0 Å². The smallest absolute Gasteiger partial charge is 0.261 e. The van der Waals surface area contributed by atoms with Crippen LogP contribution in [0.4, 0.5) is 17.2 Å². The standard InChI is InChI=1S/C28H25N5O3/c1-18-24(28(35)32-21-11-7-4-8-12-21)25(19-13-15-22(36-2)16-14-19)33-26(30-18)23(17-29-33)27(34)31-20-9-5-3-6-10-20/h3-17,24-25H,1-2H3,(H,31,34)(H,32,35). The Balaban J connectivity index is 1.54. The molecule has 2 atom stereocenters. The van der Waals surface area contributed by atoms with Crippen molar-refractivity contribution in [2.24, 2.45) is 10.9 Å². The van der Waals surface area contributed by atoms with Gasteiger partial charge in [-0.3, -0.25) is 9.59 Å². The molecular weight excluding hydrogens is 454 g/mol. The van der Waals surface area contributed by atoms with Crippen LogP contribution in [0.1, 0.15) is 28.9 Å². The first-order valence-electron chi connectivity index (χ1n) is 11.5. The summed E-state index contributed by atoms with van der Waals surface area (Å²) in [6, 6.07) is 25.5. The van der Waals surface area contributed by atoms with Crippen LogP contribution in [0.25, 0.3) is 0 Å². The largest absolute Gasteiger partial charge is 0.497 e. The second-order valence-corrected chi connectivity index (χ2v) is 8.45. The summed E-state index contributed by atoms with van der Waals surface area (Å²) in [5.41, 5.74) is 3.13. The lowest BCUT2D eigenvalue weighted by atomic mass is 9.87. The first-order valence-corrected chi connectivity index (χ1v) is 11.5. The van der Waals surface area contributed by atoms with Crippen molar-refractivity contribution in [2.75, 3.05) is 17.7 Å². The lowest BCUT2D eigenvalue weighted by Crippen LogP contribution is -2.39. The number of carbonyl (C=O) groups excluding carboxylic acids is 2. The van der Waals surface area contributed by atoms with Crippen LogP contribution in [0.2, 0.25) is 0 Å². The number of benzene rings is 3. The number of nitrogens with one attached hydrogen (secondary N) is 2. The second-order valence-electron chi connectivity index (χ2n) is 8.45. The normalized spacial score (nSPS) is 16.4. The highest BCUT2D eigenvalue weighted by Crippen LogP contribution is 2.39. The summed E-state index contributed by atoms with van der Waals surface area (Å²) in [5, 5.41) is 10.4. The second kappa shape index (κ2) is 9.87. The van der Waals surface area contributed by atoms with Gasteiger partial charge in [0.25, 0.3) is 5.91 Å². The number of anilines is 2. The summed E-state index contributed by atoms with van der Waals surface area (Å²) >= 11 is 0. The van der Waals surface area contributed by atoms with Gasteiger partial charge < -0.3 is 15.4 Å². The van der Waals surface area contributed by atoms with E-state index in [0.717, 1.165) is 5.56 Å². The van der Waals surface area contributed by atoms with E-state index in [1.54, 1.807) is 18.7 Å². The maximum atomic E-state index is 13.5. The van der Waals surface area contributed by atoms with Crippen molar-refractivity contribution in [1.82, 2.24) is 9.78 Å². The molecule has 2 amide bonds. The maximum Gasteiger partial charge on any atom is 0.261 e. The van der Waals surface area contributed by atoms with Gasteiger partial charge in [0.05, 0.1) is 19.3 Å². The number of methoxy groups -OCH3 is 1. The third-order valence-electron chi connectivity index (χ3n) is 6.14. The van der Waals surface area contributed by atoms with E-state index in [9.17, 15) is 9.59 Å². The molecule has 0 radical (unpaired) electrons. The molecule has 3 aromatic carbocycles. The quantitative estimate of drug-likeness (QED) is 0.402. The third kappa shape index (κ3) is 4.48. The van der Waals surface area contributed by atoms with Crippen molar-refractivity contribution in [2.45, 2.75) is 13.0 Å². The fourth-order valence-electron chi connectivity index (χ4n) is 4.37. The molecule has 0 spiro atoms. The van der Waals surface area contributed by atoms with Crippen LogP contribution in [0.3, 0.4) is 0 Å². The van der Waals surface area contributed by atoms with Crippen LogP contribution in [-0.4, -0.2) is 34.4 Å². The van der Waals surface area contributed by atoms with Crippen molar-refractivity contribution >= 4 is 34.7 Å². The topological polar surface area (TPSA) is 97.6 Å². The first kappa shape index (κ1) is 23.0. The maximum absolute atomic E-state index is 13.5. The molecule has 2 unspecified atom stereocenters. The molecule has 1 aliphatic rings. The first-order chi connectivity index (χ1) is 17.5. The molecular formula is C28H25N5O3. The van der Waals surface area contributed by atoms with Gasteiger partial charge in [-0.15, -0.1) is 0 Å².